The third-order valence-corrected chi connectivity index (χ3v) is 3.36. The Morgan fingerprint density at radius 1 is 1.50 bits per heavy atom. The Kier molecular flexibility index (Phi) is 3.36. The van der Waals surface area contributed by atoms with E-state index in [1.807, 2.05) is 0 Å². The molecule has 2 aliphatic rings. The average Bonchev–Trinajstić information content (AvgIpc) is 3.08. The zero-order chi connectivity index (χ0) is 13.9. The molecule has 20 heavy (non-hydrogen) atoms. The van der Waals surface area contributed by atoms with E-state index in [0.717, 1.165) is 6.42 Å². The molecule has 2 unspecified atom stereocenters. The maximum Gasteiger partial charge on any atom is 0.315 e. The molecule has 1 aromatic heterocycles. The minimum atomic E-state index is -0.474. The van der Waals surface area contributed by atoms with Crippen molar-refractivity contribution in [3.05, 3.63) is 18.3 Å². The number of hydrogen-bond acceptors (Lipinski definition) is 5. The fourth-order valence-corrected chi connectivity index (χ4v) is 2.37. The number of urea groups is 1. The lowest BCUT2D eigenvalue weighted by atomic mass is 10.3. The molecule has 1 aromatic rings. The second-order valence-electron chi connectivity index (χ2n) is 4.78. The van der Waals surface area contributed by atoms with Crippen LogP contribution in [0.1, 0.15) is 6.42 Å². The van der Waals surface area contributed by atoms with Crippen LogP contribution in [0.4, 0.5) is 4.79 Å². The van der Waals surface area contributed by atoms with Gasteiger partial charge in [0, 0.05) is 31.8 Å². The molecular formula is C12H15N5O3. The normalized spacial score (nSPS) is 25.2. The van der Waals surface area contributed by atoms with Gasteiger partial charge < -0.3 is 20.3 Å². The highest BCUT2D eigenvalue weighted by Gasteiger charge is 2.35. The van der Waals surface area contributed by atoms with Crippen LogP contribution in [-0.4, -0.2) is 58.8 Å². The van der Waals surface area contributed by atoms with E-state index in [9.17, 15) is 9.59 Å². The first-order valence-corrected chi connectivity index (χ1v) is 6.50. The lowest BCUT2D eigenvalue weighted by Crippen LogP contribution is -2.45. The van der Waals surface area contributed by atoms with E-state index < -0.39 is 6.04 Å². The Morgan fingerprint density at radius 3 is 3.10 bits per heavy atom. The molecule has 3 heterocycles. The molecule has 2 saturated heterocycles. The van der Waals surface area contributed by atoms with Crippen molar-refractivity contribution in [2.75, 3.05) is 19.6 Å². The van der Waals surface area contributed by atoms with Crippen molar-refractivity contribution < 1.29 is 14.3 Å². The number of rotatable bonds is 3. The standard InChI is InChI=1S/C12H15N5O3/c18-11(9-6-13-12(19)15-9)17-5-3-8(7-17)20-10-2-1-4-14-16-10/h1-2,4,8-9H,3,5-7H2,(H2,13,15,19). The Labute approximate surface area is 115 Å². The Hall–Kier alpha value is -2.38. The Bertz CT molecular complexity index is 509. The molecule has 2 aliphatic heterocycles. The topological polar surface area (TPSA) is 96.5 Å². The second kappa shape index (κ2) is 5.32. The van der Waals surface area contributed by atoms with Crippen molar-refractivity contribution in [3.63, 3.8) is 0 Å². The Balaban J connectivity index is 1.54. The number of nitrogens with one attached hydrogen (secondary N) is 2. The van der Waals surface area contributed by atoms with Crippen LogP contribution in [0, 0.1) is 0 Å². The largest absolute Gasteiger partial charge is 0.471 e. The minimum Gasteiger partial charge on any atom is -0.471 e. The van der Waals surface area contributed by atoms with Gasteiger partial charge in [-0.1, -0.05) is 0 Å². The predicted molar refractivity (Wildman–Crippen MR) is 68.0 cm³/mol. The van der Waals surface area contributed by atoms with Gasteiger partial charge >= 0.3 is 6.03 Å². The number of likely N-dealkylation sites (tertiary alicyclic amines) is 1. The fourth-order valence-electron chi connectivity index (χ4n) is 2.37. The molecule has 8 nitrogen and oxygen atoms in total. The first-order chi connectivity index (χ1) is 9.72. The van der Waals surface area contributed by atoms with Crippen molar-refractivity contribution >= 4 is 11.9 Å². The monoisotopic (exact) mass is 277 g/mol. The molecule has 2 fully saturated rings. The van der Waals surface area contributed by atoms with Crippen molar-refractivity contribution in [2.24, 2.45) is 0 Å². The summed E-state index contributed by atoms with van der Waals surface area (Å²) in [6, 6.07) is 2.71. The Morgan fingerprint density at radius 2 is 2.40 bits per heavy atom. The highest BCUT2D eigenvalue weighted by molar-refractivity contribution is 5.90. The number of aromatic nitrogens is 2. The van der Waals surface area contributed by atoms with Gasteiger partial charge in [-0.3, -0.25) is 4.79 Å². The minimum absolute atomic E-state index is 0.0754. The van der Waals surface area contributed by atoms with Crippen LogP contribution < -0.4 is 15.4 Å². The molecule has 106 valence electrons. The highest BCUT2D eigenvalue weighted by Crippen LogP contribution is 2.16. The van der Waals surface area contributed by atoms with Gasteiger partial charge in [0.15, 0.2) is 0 Å². The quantitative estimate of drug-likeness (QED) is 0.749. The van der Waals surface area contributed by atoms with Gasteiger partial charge in [0.05, 0.1) is 6.54 Å². The van der Waals surface area contributed by atoms with Crippen LogP contribution in [0.3, 0.4) is 0 Å². The maximum absolute atomic E-state index is 12.2. The SMILES string of the molecule is O=C1NCC(C(=O)N2CCC(Oc3cccnn3)C2)N1. The summed E-state index contributed by atoms with van der Waals surface area (Å²) in [5, 5.41) is 12.8. The molecular weight excluding hydrogens is 262 g/mol. The number of ether oxygens (including phenoxy) is 1. The van der Waals surface area contributed by atoms with Crippen molar-refractivity contribution in [3.8, 4) is 5.88 Å². The third kappa shape index (κ3) is 2.63. The third-order valence-electron chi connectivity index (χ3n) is 3.36. The first kappa shape index (κ1) is 12.6. The summed E-state index contributed by atoms with van der Waals surface area (Å²) in [7, 11) is 0. The summed E-state index contributed by atoms with van der Waals surface area (Å²) >= 11 is 0. The van der Waals surface area contributed by atoms with Gasteiger partial charge in [0.25, 0.3) is 0 Å². The van der Waals surface area contributed by atoms with E-state index in [1.54, 1.807) is 23.2 Å². The van der Waals surface area contributed by atoms with Gasteiger partial charge in [-0.15, -0.1) is 5.10 Å². The van der Waals surface area contributed by atoms with Crippen molar-refractivity contribution in [1.29, 1.82) is 0 Å². The molecule has 0 aromatic carbocycles. The summed E-state index contributed by atoms with van der Waals surface area (Å²) in [6.07, 6.45) is 2.24. The lowest BCUT2D eigenvalue weighted by molar-refractivity contribution is -0.131. The zero-order valence-corrected chi connectivity index (χ0v) is 10.8. The van der Waals surface area contributed by atoms with Crippen LogP contribution in [0.2, 0.25) is 0 Å². The maximum atomic E-state index is 12.2. The number of hydrogen-bond donors (Lipinski definition) is 2. The summed E-state index contributed by atoms with van der Waals surface area (Å²) in [5.74, 6) is 0.385. The van der Waals surface area contributed by atoms with E-state index in [2.05, 4.69) is 20.8 Å². The molecule has 0 spiro atoms. The highest BCUT2D eigenvalue weighted by atomic mass is 16.5. The second-order valence-corrected chi connectivity index (χ2v) is 4.78. The van der Waals surface area contributed by atoms with Gasteiger partial charge in [0.1, 0.15) is 12.1 Å². The molecule has 0 radical (unpaired) electrons. The molecule has 2 atom stereocenters. The fraction of sp³-hybridized carbons (Fsp3) is 0.500. The molecule has 0 bridgehead atoms. The summed E-state index contributed by atoms with van der Waals surface area (Å²) in [4.78, 5) is 24.9. The van der Waals surface area contributed by atoms with E-state index in [-0.39, 0.29) is 18.0 Å². The van der Waals surface area contributed by atoms with Crippen molar-refractivity contribution in [1.82, 2.24) is 25.7 Å². The van der Waals surface area contributed by atoms with Gasteiger partial charge in [-0.25, -0.2) is 4.79 Å². The average molecular weight is 277 g/mol. The van der Waals surface area contributed by atoms with E-state index >= 15 is 0 Å². The molecule has 3 rings (SSSR count). The summed E-state index contributed by atoms with van der Waals surface area (Å²) in [6.45, 7) is 1.46. The van der Waals surface area contributed by atoms with Gasteiger partial charge in [-0.2, -0.15) is 5.10 Å². The predicted octanol–water partition coefficient (Wildman–Crippen LogP) is -0.862. The summed E-state index contributed by atoms with van der Waals surface area (Å²) < 4.78 is 5.67. The lowest BCUT2D eigenvalue weighted by Gasteiger charge is -2.19. The van der Waals surface area contributed by atoms with E-state index in [0.29, 0.717) is 25.5 Å². The summed E-state index contributed by atoms with van der Waals surface area (Å²) in [5.41, 5.74) is 0. The number of nitrogens with zero attached hydrogens (tertiary/aromatic N) is 3. The zero-order valence-electron chi connectivity index (χ0n) is 10.8. The van der Waals surface area contributed by atoms with Crippen LogP contribution in [0.5, 0.6) is 5.88 Å². The first-order valence-electron chi connectivity index (χ1n) is 6.50. The van der Waals surface area contributed by atoms with E-state index in [1.165, 1.54) is 0 Å². The number of amides is 3. The smallest absolute Gasteiger partial charge is 0.315 e. The van der Waals surface area contributed by atoms with Gasteiger partial charge in [-0.05, 0) is 6.07 Å². The molecule has 2 N–H and O–H groups in total. The number of carbonyl (C=O) groups is 2. The molecule has 8 heteroatoms. The van der Waals surface area contributed by atoms with Crippen LogP contribution in [0.15, 0.2) is 18.3 Å². The molecule has 3 amide bonds. The van der Waals surface area contributed by atoms with Crippen LogP contribution >= 0.6 is 0 Å². The van der Waals surface area contributed by atoms with Crippen molar-refractivity contribution in [2.45, 2.75) is 18.6 Å². The van der Waals surface area contributed by atoms with E-state index in [4.69, 9.17) is 4.74 Å². The van der Waals surface area contributed by atoms with Crippen LogP contribution in [0.25, 0.3) is 0 Å². The van der Waals surface area contributed by atoms with Gasteiger partial charge in [0.2, 0.25) is 11.8 Å². The van der Waals surface area contributed by atoms with Crippen LogP contribution in [-0.2, 0) is 4.79 Å². The number of carbonyl (C=O) groups excluding carboxylic acids is 2. The molecule has 0 saturated carbocycles. The molecule has 0 aliphatic carbocycles.